The summed E-state index contributed by atoms with van der Waals surface area (Å²) < 4.78 is 5.16. The van der Waals surface area contributed by atoms with Crippen LogP contribution in [0.5, 0.6) is 0 Å². The quantitative estimate of drug-likeness (QED) is 0.499. The number of methoxy groups -OCH3 is 1. The van der Waals surface area contributed by atoms with E-state index in [4.69, 9.17) is 0 Å². The summed E-state index contributed by atoms with van der Waals surface area (Å²) in [6.07, 6.45) is 0.202. The molecule has 1 aliphatic heterocycles. The highest BCUT2D eigenvalue weighted by Gasteiger charge is 2.35. The number of piperazine rings is 1. The van der Waals surface area contributed by atoms with Crippen molar-refractivity contribution < 1.29 is 23.9 Å². The molecule has 9 heteroatoms. The minimum Gasteiger partial charge on any atom is -0.467 e. The maximum absolute atomic E-state index is 12.3. The third-order valence-electron chi connectivity index (χ3n) is 4.18. The Balaban J connectivity index is 1.93. The first-order valence-electron chi connectivity index (χ1n) is 8.65. The van der Waals surface area contributed by atoms with Gasteiger partial charge in [-0.1, -0.05) is 52.8 Å². The summed E-state index contributed by atoms with van der Waals surface area (Å²) in [5, 5.41) is 7.71. The summed E-state index contributed by atoms with van der Waals surface area (Å²) in [7, 11) is 1.21. The normalized spacial score (nSPS) is 19.8. The fraction of sp³-hybridized carbons (Fsp3) is 0.368. The molecule has 1 aromatic rings. The number of hydrogen-bond acceptors (Lipinski definition) is 5. The number of carbonyl (C=O) groups excluding carboxylic acids is 4. The number of benzene rings is 1. The lowest BCUT2D eigenvalue weighted by Crippen LogP contribution is -2.63. The number of rotatable bonds is 8. The minimum atomic E-state index is -1.01. The molecule has 3 amide bonds. The second-order valence-electron chi connectivity index (χ2n) is 6.38. The molecule has 0 radical (unpaired) electrons. The minimum absolute atomic E-state index is 0.140. The molecule has 0 saturated carbocycles. The average Bonchev–Trinajstić information content (AvgIpc) is 2.65. The van der Waals surface area contributed by atoms with Crippen molar-refractivity contribution in [1.29, 1.82) is 0 Å². The largest absolute Gasteiger partial charge is 0.467 e. The van der Waals surface area contributed by atoms with Gasteiger partial charge >= 0.3 is 5.97 Å². The van der Waals surface area contributed by atoms with Crippen molar-refractivity contribution >= 4 is 39.6 Å². The van der Waals surface area contributed by atoms with Crippen LogP contribution in [-0.4, -0.2) is 48.9 Å². The third-order valence-corrected chi connectivity index (χ3v) is 4.51. The fourth-order valence-corrected chi connectivity index (χ4v) is 3.13. The zero-order valence-corrected chi connectivity index (χ0v) is 17.0. The van der Waals surface area contributed by atoms with Gasteiger partial charge in [0.2, 0.25) is 17.7 Å². The van der Waals surface area contributed by atoms with Crippen molar-refractivity contribution in [2.75, 3.05) is 7.11 Å². The van der Waals surface area contributed by atoms with Crippen LogP contribution >= 0.6 is 15.9 Å². The molecular weight excluding hydrogens is 430 g/mol. The average molecular weight is 452 g/mol. The summed E-state index contributed by atoms with van der Waals surface area (Å²) in [6.45, 7) is 3.64. The summed E-state index contributed by atoms with van der Waals surface area (Å²) in [4.78, 5) is 48.6. The van der Waals surface area contributed by atoms with Gasteiger partial charge in [0, 0.05) is 12.8 Å². The Morgan fingerprint density at radius 1 is 1.18 bits per heavy atom. The van der Waals surface area contributed by atoms with Crippen LogP contribution in [0.15, 0.2) is 41.4 Å². The van der Waals surface area contributed by atoms with Gasteiger partial charge in [-0.3, -0.25) is 14.4 Å². The summed E-state index contributed by atoms with van der Waals surface area (Å²) in [6, 6.07) is 6.66. The zero-order chi connectivity index (χ0) is 20.7. The number of amides is 3. The van der Waals surface area contributed by atoms with Gasteiger partial charge in [0.1, 0.15) is 18.1 Å². The molecule has 3 atom stereocenters. The lowest BCUT2D eigenvalue weighted by Gasteiger charge is -2.29. The van der Waals surface area contributed by atoms with Crippen LogP contribution in [0.25, 0.3) is 0 Å². The first kappa shape index (κ1) is 21.6. The smallest absolute Gasteiger partial charge is 0.328 e. The van der Waals surface area contributed by atoms with E-state index < -0.39 is 35.9 Å². The molecule has 0 unspecified atom stereocenters. The second-order valence-corrected chi connectivity index (χ2v) is 7.50. The molecule has 0 bridgehead atoms. The molecular formula is C19H22BrN3O5. The molecule has 3 N–H and O–H groups in total. The van der Waals surface area contributed by atoms with Gasteiger partial charge < -0.3 is 20.7 Å². The van der Waals surface area contributed by atoms with E-state index in [0.717, 1.165) is 5.56 Å². The summed E-state index contributed by atoms with van der Waals surface area (Å²) >= 11 is 3.14. The first-order chi connectivity index (χ1) is 13.3. The number of carbonyl (C=O) groups is 4. The van der Waals surface area contributed by atoms with Crippen LogP contribution in [0, 0.1) is 0 Å². The molecule has 1 aliphatic rings. The van der Waals surface area contributed by atoms with Crippen molar-refractivity contribution in [3.05, 3.63) is 47.0 Å². The van der Waals surface area contributed by atoms with Crippen molar-refractivity contribution in [1.82, 2.24) is 16.0 Å². The Bertz CT molecular complexity index is 768. The van der Waals surface area contributed by atoms with Crippen LogP contribution in [0.4, 0.5) is 0 Å². The molecule has 2 rings (SSSR count). The van der Waals surface area contributed by atoms with Crippen LogP contribution in [-0.2, 0) is 30.3 Å². The topological polar surface area (TPSA) is 114 Å². The van der Waals surface area contributed by atoms with Crippen LogP contribution in [0.1, 0.15) is 18.4 Å². The predicted octanol–water partition coefficient (Wildman–Crippen LogP) is 0.559. The second kappa shape index (κ2) is 10.0. The van der Waals surface area contributed by atoms with Gasteiger partial charge in [0.25, 0.3) is 0 Å². The Kier molecular flexibility index (Phi) is 7.74. The highest BCUT2D eigenvalue weighted by atomic mass is 79.9. The van der Waals surface area contributed by atoms with Crippen molar-refractivity contribution in [3.63, 3.8) is 0 Å². The van der Waals surface area contributed by atoms with E-state index in [0.29, 0.717) is 10.9 Å². The van der Waals surface area contributed by atoms with E-state index in [1.807, 2.05) is 30.3 Å². The number of esters is 1. The number of halogens is 1. The Morgan fingerprint density at radius 3 is 2.39 bits per heavy atom. The van der Waals surface area contributed by atoms with Gasteiger partial charge in [-0.25, -0.2) is 4.79 Å². The van der Waals surface area contributed by atoms with Gasteiger partial charge in [0.15, 0.2) is 0 Å². The van der Waals surface area contributed by atoms with E-state index >= 15 is 0 Å². The van der Waals surface area contributed by atoms with Gasteiger partial charge in [-0.05, 0) is 10.0 Å². The molecule has 8 nitrogen and oxygen atoms in total. The lowest BCUT2D eigenvalue weighted by molar-refractivity contribution is -0.145. The van der Waals surface area contributed by atoms with E-state index in [-0.39, 0.29) is 18.7 Å². The van der Waals surface area contributed by atoms with Crippen molar-refractivity contribution in [2.24, 2.45) is 0 Å². The van der Waals surface area contributed by atoms with Crippen molar-refractivity contribution in [2.45, 2.75) is 37.4 Å². The zero-order valence-electron chi connectivity index (χ0n) is 15.4. The standard InChI is InChI=1S/C19H22BrN3O5/c1-11(20)8-15(19(27)28-2)21-16(24)10-14-18(26)22-13(17(25)23-14)9-12-6-4-3-5-7-12/h3-7,13-15H,1,8-10H2,2H3,(H,21,24)(H,22,26)(H,23,25)/t13-,14-,15+/m0/s1. The Morgan fingerprint density at radius 2 is 1.79 bits per heavy atom. The highest BCUT2D eigenvalue weighted by molar-refractivity contribution is 9.11. The molecule has 0 aliphatic carbocycles. The van der Waals surface area contributed by atoms with E-state index in [1.54, 1.807) is 0 Å². The maximum atomic E-state index is 12.3. The van der Waals surface area contributed by atoms with Crippen LogP contribution in [0.2, 0.25) is 0 Å². The van der Waals surface area contributed by atoms with Crippen molar-refractivity contribution in [3.8, 4) is 0 Å². The number of ether oxygens (including phenoxy) is 1. The maximum Gasteiger partial charge on any atom is 0.328 e. The molecule has 28 heavy (non-hydrogen) atoms. The molecule has 1 heterocycles. The van der Waals surface area contributed by atoms with Crippen LogP contribution in [0.3, 0.4) is 0 Å². The lowest BCUT2D eigenvalue weighted by atomic mass is 10.0. The third kappa shape index (κ3) is 6.19. The number of hydrogen-bond donors (Lipinski definition) is 3. The van der Waals surface area contributed by atoms with Gasteiger partial charge in [0.05, 0.1) is 13.5 Å². The molecule has 1 saturated heterocycles. The monoisotopic (exact) mass is 451 g/mol. The predicted molar refractivity (Wildman–Crippen MR) is 105 cm³/mol. The first-order valence-corrected chi connectivity index (χ1v) is 9.44. The van der Waals surface area contributed by atoms with Gasteiger partial charge in [-0.2, -0.15) is 0 Å². The molecule has 150 valence electrons. The van der Waals surface area contributed by atoms with E-state index in [1.165, 1.54) is 7.11 Å². The highest BCUT2D eigenvalue weighted by Crippen LogP contribution is 2.12. The number of nitrogens with one attached hydrogen (secondary N) is 3. The van der Waals surface area contributed by atoms with Gasteiger partial charge in [-0.15, -0.1) is 0 Å². The molecule has 1 fully saturated rings. The Labute approximate surface area is 171 Å². The molecule has 0 spiro atoms. The summed E-state index contributed by atoms with van der Waals surface area (Å²) in [5.74, 6) is -2.00. The SMILES string of the molecule is C=C(Br)C[C@@H](NC(=O)C[C@@H]1NC(=O)[C@H](Cc2ccccc2)NC1=O)C(=O)OC. The van der Waals surface area contributed by atoms with E-state index in [9.17, 15) is 19.2 Å². The summed E-state index contributed by atoms with van der Waals surface area (Å²) in [5.41, 5.74) is 0.912. The Hall–Kier alpha value is -2.68. The molecule has 0 aromatic heterocycles. The van der Waals surface area contributed by atoms with Crippen LogP contribution < -0.4 is 16.0 Å². The molecule has 1 aromatic carbocycles. The van der Waals surface area contributed by atoms with E-state index in [2.05, 4.69) is 43.2 Å². The fourth-order valence-electron chi connectivity index (χ4n) is 2.81.